The molecule has 6 nitrogen and oxygen atoms in total. The first kappa shape index (κ1) is 80.9. The topological polar surface area (TPSA) is 95.9 Å². The average Bonchev–Trinajstić information content (AvgIpc) is 3.48. The van der Waals surface area contributed by atoms with Crippen LogP contribution in [0.25, 0.3) is 0 Å². The molecule has 0 aromatic rings. The third kappa shape index (κ3) is 68.0. The molecule has 0 aliphatic rings. The second-order valence-corrected chi connectivity index (χ2v) is 26.7. The standard InChI is InChI=1S/C76H151NO5/c1-3-5-7-9-11-13-15-16-17-18-36-40-43-46-50-54-58-62-66-70-76(81)82-71-67-63-59-55-51-47-44-41-38-35-33-31-29-27-25-23-21-19-20-22-24-26-28-30-32-34-37-39-42-45-49-53-57-61-65-69-75(80)77-73(72-78)74(79)68-64-60-56-52-48-14-12-10-8-6-4-2/h73-74,78-79H,3-72H2,1-2H3,(H,77,80). The van der Waals surface area contributed by atoms with Crippen molar-refractivity contribution in [3.8, 4) is 0 Å². The first-order valence-corrected chi connectivity index (χ1v) is 38.3. The van der Waals surface area contributed by atoms with Gasteiger partial charge in [0.1, 0.15) is 0 Å². The molecule has 0 saturated carbocycles. The molecule has 0 aliphatic carbocycles. The molecule has 0 aromatic heterocycles. The summed E-state index contributed by atoms with van der Waals surface area (Å²) in [4.78, 5) is 24.6. The van der Waals surface area contributed by atoms with Crippen molar-refractivity contribution in [3.63, 3.8) is 0 Å². The minimum Gasteiger partial charge on any atom is -0.466 e. The van der Waals surface area contributed by atoms with Gasteiger partial charge in [0, 0.05) is 12.8 Å². The van der Waals surface area contributed by atoms with Crippen molar-refractivity contribution < 1.29 is 24.5 Å². The van der Waals surface area contributed by atoms with Gasteiger partial charge < -0.3 is 20.3 Å². The maximum atomic E-state index is 12.5. The highest BCUT2D eigenvalue weighted by Gasteiger charge is 2.20. The number of hydrogen-bond acceptors (Lipinski definition) is 5. The van der Waals surface area contributed by atoms with Crippen molar-refractivity contribution in [2.24, 2.45) is 0 Å². The van der Waals surface area contributed by atoms with Crippen molar-refractivity contribution >= 4 is 11.9 Å². The lowest BCUT2D eigenvalue weighted by Crippen LogP contribution is -2.45. The predicted octanol–water partition coefficient (Wildman–Crippen LogP) is 24.9. The van der Waals surface area contributed by atoms with Crippen LogP contribution in [0.2, 0.25) is 0 Å². The number of amides is 1. The Labute approximate surface area is 515 Å². The Hall–Kier alpha value is -1.14. The molecule has 0 aromatic carbocycles. The molecule has 3 N–H and O–H groups in total. The number of unbranched alkanes of at least 4 members (excludes halogenated alkanes) is 62. The van der Waals surface area contributed by atoms with Crippen molar-refractivity contribution in [2.75, 3.05) is 13.2 Å². The van der Waals surface area contributed by atoms with Gasteiger partial charge in [0.15, 0.2) is 0 Å². The van der Waals surface area contributed by atoms with E-state index in [4.69, 9.17) is 4.74 Å². The Morgan fingerprint density at radius 1 is 0.293 bits per heavy atom. The fourth-order valence-electron chi connectivity index (χ4n) is 12.6. The van der Waals surface area contributed by atoms with E-state index in [0.717, 1.165) is 38.5 Å². The largest absolute Gasteiger partial charge is 0.466 e. The Bertz CT molecular complexity index is 1200. The summed E-state index contributed by atoms with van der Waals surface area (Å²) in [5.74, 6) is 0.000998. The lowest BCUT2D eigenvalue weighted by atomic mass is 10.0. The summed E-state index contributed by atoms with van der Waals surface area (Å²) in [6, 6.07) is -0.535. The van der Waals surface area contributed by atoms with E-state index >= 15 is 0 Å². The van der Waals surface area contributed by atoms with E-state index in [9.17, 15) is 19.8 Å². The number of carbonyl (C=O) groups excluding carboxylic acids is 2. The van der Waals surface area contributed by atoms with E-state index < -0.39 is 12.1 Å². The van der Waals surface area contributed by atoms with Crippen LogP contribution in [0.4, 0.5) is 0 Å². The Balaban J connectivity index is 3.26. The highest BCUT2D eigenvalue weighted by atomic mass is 16.5. The second kappa shape index (κ2) is 72.3. The van der Waals surface area contributed by atoms with E-state index in [1.54, 1.807) is 0 Å². The zero-order chi connectivity index (χ0) is 59.2. The van der Waals surface area contributed by atoms with E-state index in [-0.39, 0.29) is 18.5 Å². The van der Waals surface area contributed by atoms with Crippen LogP contribution in [0.1, 0.15) is 450 Å². The SMILES string of the molecule is CCCCCCCCCCCCCCCCCCCCCC(=O)OCCCCCCCCCCCCCCCCCCCCCCCCCCCCCCCCCCCCCC(=O)NC(CO)C(O)CCCCCCCCCCCCC. The summed E-state index contributed by atoms with van der Waals surface area (Å²) in [5.41, 5.74) is 0. The number of esters is 1. The van der Waals surface area contributed by atoms with Crippen molar-refractivity contribution in [3.05, 3.63) is 0 Å². The first-order valence-electron chi connectivity index (χ1n) is 38.3. The zero-order valence-corrected chi connectivity index (χ0v) is 56.3. The van der Waals surface area contributed by atoms with Gasteiger partial charge in [-0.15, -0.1) is 0 Å². The maximum Gasteiger partial charge on any atom is 0.305 e. The van der Waals surface area contributed by atoms with E-state index in [0.29, 0.717) is 25.9 Å². The molecule has 2 atom stereocenters. The van der Waals surface area contributed by atoms with E-state index in [1.807, 2.05) is 0 Å². The minimum absolute atomic E-state index is 0.0277. The summed E-state index contributed by atoms with van der Waals surface area (Å²) in [7, 11) is 0. The number of nitrogens with one attached hydrogen (secondary N) is 1. The summed E-state index contributed by atoms with van der Waals surface area (Å²) in [5, 5.41) is 23.2. The van der Waals surface area contributed by atoms with Crippen LogP contribution in [0, 0.1) is 0 Å². The molecule has 0 heterocycles. The van der Waals surface area contributed by atoms with Crippen LogP contribution in [0.15, 0.2) is 0 Å². The van der Waals surface area contributed by atoms with Crippen molar-refractivity contribution in [2.45, 2.75) is 463 Å². The molecular formula is C76H151NO5. The number of aliphatic hydroxyl groups excluding tert-OH is 2. The van der Waals surface area contributed by atoms with Crippen LogP contribution in [0.5, 0.6) is 0 Å². The normalized spacial score (nSPS) is 12.4. The van der Waals surface area contributed by atoms with E-state index in [1.165, 1.54) is 379 Å². The molecule has 6 heteroatoms. The smallest absolute Gasteiger partial charge is 0.305 e. The molecule has 82 heavy (non-hydrogen) atoms. The van der Waals surface area contributed by atoms with Gasteiger partial charge in [-0.25, -0.2) is 0 Å². The van der Waals surface area contributed by atoms with Crippen molar-refractivity contribution in [1.29, 1.82) is 0 Å². The van der Waals surface area contributed by atoms with Gasteiger partial charge in [0.2, 0.25) is 5.91 Å². The maximum absolute atomic E-state index is 12.5. The van der Waals surface area contributed by atoms with Gasteiger partial charge in [0.25, 0.3) is 0 Å². The Kier molecular flexibility index (Phi) is 71.3. The van der Waals surface area contributed by atoms with E-state index in [2.05, 4.69) is 19.2 Å². The lowest BCUT2D eigenvalue weighted by Gasteiger charge is -2.22. The molecule has 0 radical (unpaired) electrons. The quantitative estimate of drug-likeness (QED) is 0.0417. The summed E-state index contributed by atoms with van der Waals surface area (Å²) in [6.07, 6.45) is 89.2. The molecule has 0 spiro atoms. The summed E-state index contributed by atoms with van der Waals surface area (Å²) < 4.78 is 5.52. The minimum atomic E-state index is -0.658. The van der Waals surface area contributed by atoms with Crippen LogP contribution >= 0.6 is 0 Å². The molecule has 2 unspecified atom stereocenters. The monoisotopic (exact) mass is 1160 g/mol. The third-order valence-corrected chi connectivity index (χ3v) is 18.4. The van der Waals surface area contributed by atoms with Crippen molar-refractivity contribution in [1.82, 2.24) is 5.32 Å². The van der Waals surface area contributed by atoms with Crippen LogP contribution in [-0.2, 0) is 14.3 Å². The van der Waals surface area contributed by atoms with Crippen LogP contribution < -0.4 is 5.32 Å². The lowest BCUT2D eigenvalue weighted by molar-refractivity contribution is -0.143. The Morgan fingerprint density at radius 2 is 0.500 bits per heavy atom. The average molecular weight is 1160 g/mol. The fraction of sp³-hybridized carbons (Fsp3) is 0.974. The summed E-state index contributed by atoms with van der Waals surface area (Å²) >= 11 is 0. The first-order chi connectivity index (χ1) is 40.5. The molecule has 0 fully saturated rings. The van der Waals surface area contributed by atoms with Gasteiger partial charge in [-0.1, -0.05) is 412 Å². The molecule has 0 rings (SSSR count). The summed E-state index contributed by atoms with van der Waals surface area (Å²) in [6.45, 7) is 5.00. The van der Waals surface area contributed by atoms with Gasteiger partial charge in [-0.2, -0.15) is 0 Å². The third-order valence-electron chi connectivity index (χ3n) is 18.4. The number of aliphatic hydroxyl groups is 2. The molecule has 1 amide bonds. The second-order valence-electron chi connectivity index (χ2n) is 26.7. The molecule has 0 saturated heterocycles. The molecular weight excluding hydrogens is 1010 g/mol. The van der Waals surface area contributed by atoms with Gasteiger partial charge >= 0.3 is 5.97 Å². The highest BCUT2D eigenvalue weighted by Crippen LogP contribution is 2.20. The number of carbonyl (C=O) groups is 2. The number of ether oxygens (including phenoxy) is 1. The predicted molar refractivity (Wildman–Crippen MR) is 361 cm³/mol. The number of hydrogen-bond donors (Lipinski definition) is 3. The van der Waals surface area contributed by atoms with Gasteiger partial charge in [-0.05, 0) is 25.7 Å². The molecule has 490 valence electrons. The van der Waals surface area contributed by atoms with Crippen LogP contribution in [0.3, 0.4) is 0 Å². The zero-order valence-electron chi connectivity index (χ0n) is 56.3. The van der Waals surface area contributed by atoms with Gasteiger partial charge in [-0.3, -0.25) is 9.59 Å². The van der Waals surface area contributed by atoms with Crippen LogP contribution in [-0.4, -0.2) is 47.4 Å². The number of rotatable bonds is 73. The fourth-order valence-corrected chi connectivity index (χ4v) is 12.6. The van der Waals surface area contributed by atoms with Gasteiger partial charge in [0.05, 0.1) is 25.4 Å². The Morgan fingerprint density at radius 3 is 0.744 bits per heavy atom. The molecule has 0 bridgehead atoms. The molecule has 0 aliphatic heterocycles. The highest BCUT2D eigenvalue weighted by molar-refractivity contribution is 5.76.